The maximum absolute atomic E-state index is 12.9. The molecule has 0 aliphatic carbocycles. The van der Waals surface area contributed by atoms with Crippen LogP contribution in [0.1, 0.15) is 30.2 Å². The number of anilines is 4. The number of nitrogens with zero attached hydrogens (tertiary/aromatic N) is 8. The van der Waals surface area contributed by atoms with Crippen LogP contribution < -0.4 is 20.9 Å². The third-order valence-electron chi connectivity index (χ3n) is 9.57. The van der Waals surface area contributed by atoms with E-state index in [1.165, 1.54) is 13.8 Å². The number of nitrogen functional groups attached to an aromatic ring is 1. The third kappa shape index (κ3) is 10.7. The zero-order valence-corrected chi connectivity index (χ0v) is 33.8. The van der Waals surface area contributed by atoms with Gasteiger partial charge in [-0.05, 0) is 50.2 Å². The summed E-state index contributed by atoms with van der Waals surface area (Å²) in [5.74, 6) is -0.612. The monoisotopic (exact) mass is 900 g/mol. The van der Waals surface area contributed by atoms with Crippen molar-refractivity contribution in [3.8, 4) is 0 Å². The van der Waals surface area contributed by atoms with Gasteiger partial charge in [0.05, 0.1) is 42.9 Å². The molecule has 0 saturated carbocycles. The number of nitrogens with two attached hydrogens (primary N) is 1. The first-order valence-electron chi connectivity index (χ1n) is 17.4. The lowest BCUT2D eigenvalue weighted by Gasteiger charge is -2.36. The first-order valence-corrected chi connectivity index (χ1v) is 18.9. The van der Waals surface area contributed by atoms with E-state index in [0.29, 0.717) is 68.1 Å². The average molecular weight is 903 g/mol. The van der Waals surface area contributed by atoms with Crippen molar-refractivity contribution in [3.63, 3.8) is 0 Å². The molecule has 2 aromatic carbocycles. The summed E-state index contributed by atoms with van der Waals surface area (Å²) in [5, 5.41) is 10.1. The second-order valence-corrected chi connectivity index (χ2v) is 14.7. The Kier molecular flexibility index (Phi) is 15.0. The normalized spacial score (nSPS) is 14.8. The molecule has 0 unspecified atom stereocenters. The van der Waals surface area contributed by atoms with Gasteiger partial charge in [-0.2, -0.15) is 36.5 Å². The summed E-state index contributed by atoms with van der Waals surface area (Å²) in [6.45, 7) is 6.35. The van der Waals surface area contributed by atoms with E-state index in [0.717, 1.165) is 26.4 Å². The average Bonchev–Trinajstić information content (AvgIpc) is 3.62. The highest BCUT2D eigenvalue weighted by molar-refractivity contribution is 6.33. The molecule has 0 spiro atoms. The van der Waals surface area contributed by atoms with Crippen LogP contribution in [-0.4, -0.2) is 101 Å². The van der Waals surface area contributed by atoms with Crippen molar-refractivity contribution < 1.29 is 35.9 Å². The van der Waals surface area contributed by atoms with Gasteiger partial charge in [0, 0.05) is 70.8 Å². The van der Waals surface area contributed by atoms with E-state index in [1.54, 1.807) is 29.0 Å². The molecular weight excluding hydrogens is 860 g/mol. The summed E-state index contributed by atoms with van der Waals surface area (Å²) in [4.78, 5) is 32.5. The van der Waals surface area contributed by atoms with Crippen LogP contribution in [0.3, 0.4) is 0 Å². The molecule has 4 heterocycles. The molecule has 2 aliphatic rings. The molecule has 2 aromatic heterocycles. The predicted molar refractivity (Wildman–Crippen MR) is 215 cm³/mol. The largest absolute Gasteiger partial charge is 0.436 e. The minimum atomic E-state index is -4.66. The summed E-state index contributed by atoms with van der Waals surface area (Å²) in [5.41, 5.74) is 6.88. The van der Waals surface area contributed by atoms with Crippen molar-refractivity contribution >= 4 is 81.0 Å². The quantitative estimate of drug-likeness (QED) is 0.142. The van der Waals surface area contributed by atoms with Crippen LogP contribution in [0.2, 0.25) is 20.1 Å². The van der Waals surface area contributed by atoms with Gasteiger partial charge < -0.3 is 30.7 Å². The molecule has 2 fully saturated rings. The fourth-order valence-corrected chi connectivity index (χ4v) is 7.05. The number of piperazine rings is 2. The van der Waals surface area contributed by atoms with Crippen molar-refractivity contribution in [2.24, 2.45) is 0 Å². The Balaban J connectivity index is 0.000000252. The van der Waals surface area contributed by atoms with Gasteiger partial charge in [0.1, 0.15) is 13.1 Å². The lowest BCUT2D eigenvalue weighted by Crippen LogP contribution is -2.49. The molecule has 6 rings (SSSR count). The SMILES string of the molecule is C.CNc1cc(N2CCN(C(=O)Cn3nc(C(F)(F)F)c(Cl)c3C)CC2)ccc1Cl.Cc1c(Cl)c(C(F)(F)F)nn1CC(=O)N1CCN(c2ccc(Cl)c(N)c2)CC1. The topological polar surface area (TPSA) is 121 Å². The number of halogens is 10. The molecule has 4 aromatic rings. The van der Waals surface area contributed by atoms with Gasteiger partial charge in [0.15, 0.2) is 11.4 Å². The van der Waals surface area contributed by atoms with Gasteiger partial charge in [-0.1, -0.05) is 53.8 Å². The Morgan fingerprint density at radius 3 is 1.40 bits per heavy atom. The lowest BCUT2D eigenvalue weighted by atomic mass is 10.2. The molecule has 0 bridgehead atoms. The Morgan fingerprint density at radius 1 is 0.672 bits per heavy atom. The molecule has 58 heavy (non-hydrogen) atoms. The standard InChI is InChI=1S/C18H20Cl2F3N5O.C17H18Cl2F3N5O.CH4/c1-11-16(20)17(18(21,22)23)25-28(11)10-15(29)27-7-5-26(6-8-27)12-3-4-13(19)14(9-12)24-2;1-10-15(19)16(17(20,21)22)24-27(10)9-14(28)26-6-4-25(5-7-26)11-2-3-12(18)13(23)8-11;/h3-4,9,24H,5-8,10H2,1-2H3;2-3,8H,4-7,9,23H2,1H3;1H4. The van der Waals surface area contributed by atoms with Gasteiger partial charge in [0.2, 0.25) is 11.8 Å². The molecule has 22 heteroatoms. The van der Waals surface area contributed by atoms with E-state index in [9.17, 15) is 35.9 Å². The van der Waals surface area contributed by atoms with E-state index in [1.807, 2.05) is 24.3 Å². The third-order valence-corrected chi connectivity index (χ3v) is 11.1. The number of hydrogen-bond acceptors (Lipinski definition) is 8. The van der Waals surface area contributed by atoms with Crippen LogP contribution in [0, 0.1) is 13.8 Å². The van der Waals surface area contributed by atoms with Crippen molar-refractivity contribution in [2.45, 2.75) is 46.7 Å². The molecular formula is C36H42Cl4F6N10O2. The Hall–Kier alpha value is -4.26. The zero-order valence-electron chi connectivity index (χ0n) is 30.8. The minimum Gasteiger partial charge on any atom is -0.397 e. The van der Waals surface area contributed by atoms with Gasteiger partial charge >= 0.3 is 12.4 Å². The number of benzene rings is 2. The zero-order chi connectivity index (χ0) is 42.0. The van der Waals surface area contributed by atoms with Gasteiger partial charge in [-0.15, -0.1) is 0 Å². The number of nitrogens with one attached hydrogen (secondary N) is 1. The molecule has 318 valence electrons. The molecule has 3 N–H and O–H groups in total. The van der Waals surface area contributed by atoms with E-state index in [2.05, 4.69) is 25.3 Å². The number of hydrogen-bond donors (Lipinski definition) is 2. The maximum Gasteiger partial charge on any atom is 0.436 e. The Bertz CT molecular complexity index is 2090. The first-order chi connectivity index (χ1) is 26.7. The van der Waals surface area contributed by atoms with E-state index >= 15 is 0 Å². The van der Waals surface area contributed by atoms with Crippen molar-refractivity contribution in [3.05, 3.63) is 79.3 Å². The van der Waals surface area contributed by atoms with Crippen molar-refractivity contribution in [1.82, 2.24) is 29.4 Å². The first kappa shape index (κ1) is 46.4. The van der Waals surface area contributed by atoms with Crippen LogP contribution in [-0.2, 0) is 35.0 Å². The number of aromatic nitrogens is 4. The van der Waals surface area contributed by atoms with Crippen LogP contribution in [0.5, 0.6) is 0 Å². The highest BCUT2D eigenvalue weighted by Gasteiger charge is 2.40. The fraction of sp³-hybridized carbons (Fsp3) is 0.444. The smallest absolute Gasteiger partial charge is 0.397 e. The summed E-state index contributed by atoms with van der Waals surface area (Å²) < 4.78 is 79.6. The van der Waals surface area contributed by atoms with Crippen molar-refractivity contribution in [1.29, 1.82) is 0 Å². The van der Waals surface area contributed by atoms with Crippen LogP contribution in [0.4, 0.5) is 49.1 Å². The van der Waals surface area contributed by atoms with Gasteiger partial charge in [-0.3, -0.25) is 19.0 Å². The molecule has 2 aliphatic heterocycles. The minimum absolute atomic E-state index is 0. The second-order valence-electron chi connectivity index (χ2n) is 13.2. The van der Waals surface area contributed by atoms with E-state index in [-0.39, 0.29) is 43.7 Å². The Morgan fingerprint density at radius 2 is 1.05 bits per heavy atom. The molecule has 0 radical (unpaired) electrons. The number of carbonyl (C=O) groups is 2. The molecule has 12 nitrogen and oxygen atoms in total. The number of amides is 2. The van der Waals surface area contributed by atoms with E-state index < -0.39 is 33.8 Å². The fourth-order valence-electron chi connectivity index (χ4n) is 6.23. The van der Waals surface area contributed by atoms with Gasteiger partial charge in [-0.25, -0.2) is 0 Å². The molecule has 0 atom stereocenters. The van der Waals surface area contributed by atoms with Crippen LogP contribution in [0.25, 0.3) is 0 Å². The lowest BCUT2D eigenvalue weighted by molar-refractivity contribution is -0.142. The number of rotatable bonds is 7. The Labute approximate surface area is 351 Å². The van der Waals surface area contributed by atoms with Crippen LogP contribution >= 0.6 is 46.4 Å². The van der Waals surface area contributed by atoms with Gasteiger partial charge in [0.25, 0.3) is 0 Å². The molecule has 2 amide bonds. The number of carbonyl (C=O) groups excluding carboxylic acids is 2. The summed E-state index contributed by atoms with van der Waals surface area (Å²) in [6, 6.07) is 11.0. The summed E-state index contributed by atoms with van der Waals surface area (Å²) in [7, 11) is 1.79. The van der Waals surface area contributed by atoms with Crippen LogP contribution in [0.15, 0.2) is 36.4 Å². The summed E-state index contributed by atoms with van der Waals surface area (Å²) >= 11 is 23.5. The maximum atomic E-state index is 12.9. The predicted octanol–water partition coefficient (Wildman–Crippen LogP) is 7.99. The second kappa shape index (κ2) is 18.8. The highest BCUT2D eigenvalue weighted by atomic mass is 35.5. The molecule has 2 saturated heterocycles. The van der Waals surface area contributed by atoms with E-state index in [4.69, 9.17) is 52.1 Å². The summed E-state index contributed by atoms with van der Waals surface area (Å²) in [6.07, 6.45) is -9.32. The number of alkyl halides is 6. The van der Waals surface area contributed by atoms with Crippen molar-refractivity contribution in [2.75, 3.05) is 80.3 Å². The highest BCUT2D eigenvalue weighted by Crippen LogP contribution is 2.37.